The maximum absolute atomic E-state index is 13.4. The number of aromatic nitrogens is 2. The van der Waals surface area contributed by atoms with Gasteiger partial charge in [-0.1, -0.05) is 18.2 Å². The van der Waals surface area contributed by atoms with Crippen LogP contribution in [0.25, 0.3) is 10.9 Å². The number of H-pyrrole nitrogens is 1. The van der Waals surface area contributed by atoms with Gasteiger partial charge in [0.25, 0.3) is 5.91 Å². The van der Waals surface area contributed by atoms with Crippen LogP contribution in [0.3, 0.4) is 0 Å². The van der Waals surface area contributed by atoms with Crippen molar-refractivity contribution in [2.75, 3.05) is 6.61 Å². The standard InChI is InChI=1S/C16H12FN3O2/c17-9-5-6-14-11(7-9)13(8-22-14)18-16(21)15-10-3-1-2-4-12(10)19-20-15/h1-7,13H,8H2,(H,18,21)(H,19,20). The normalized spacial score (nSPS) is 16.3. The van der Waals surface area contributed by atoms with E-state index in [1.165, 1.54) is 12.1 Å². The van der Waals surface area contributed by atoms with E-state index in [0.717, 1.165) is 10.9 Å². The number of hydrogen-bond donors (Lipinski definition) is 2. The Bertz CT molecular complexity index is 875. The number of carbonyl (C=O) groups is 1. The molecule has 3 aromatic rings. The monoisotopic (exact) mass is 297 g/mol. The maximum atomic E-state index is 13.4. The summed E-state index contributed by atoms with van der Waals surface area (Å²) in [6.07, 6.45) is 0. The average Bonchev–Trinajstić information content (AvgIpc) is 3.11. The number of nitrogens with zero attached hydrogens (tertiary/aromatic N) is 1. The number of fused-ring (bicyclic) bond motifs is 2. The first-order chi connectivity index (χ1) is 10.7. The van der Waals surface area contributed by atoms with Crippen molar-refractivity contribution in [2.45, 2.75) is 6.04 Å². The van der Waals surface area contributed by atoms with Gasteiger partial charge in [0.15, 0.2) is 5.69 Å². The van der Waals surface area contributed by atoms with E-state index in [9.17, 15) is 9.18 Å². The third kappa shape index (κ3) is 2.00. The van der Waals surface area contributed by atoms with Crippen molar-refractivity contribution in [1.82, 2.24) is 15.5 Å². The van der Waals surface area contributed by atoms with Gasteiger partial charge in [-0.15, -0.1) is 0 Å². The van der Waals surface area contributed by atoms with E-state index in [4.69, 9.17) is 4.74 Å². The van der Waals surface area contributed by atoms with Gasteiger partial charge in [0.05, 0.1) is 11.6 Å². The Hall–Kier alpha value is -2.89. The molecule has 110 valence electrons. The number of hydrogen-bond acceptors (Lipinski definition) is 3. The molecule has 2 heterocycles. The number of amides is 1. The molecule has 0 radical (unpaired) electrons. The van der Waals surface area contributed by atoms with E-state index in [-0.39, 0.29) is 24.4 Å². The Morgan fingerprint density at radius 1 is 1.32 bits per heavy atom. The van der Waals surface area contributed by atoms with E-state index in [1.54, 1.807) is 6.07 Å². The summed E-state index contributed by atoms with van der Waals surface area (Å²) < 4.78 is 18.8. The van der Waals surface area contributed by atoms with Gasteiger partial charge in [0.2, 0.25) is 0 Å². The van der Waals surface area contributed by atoms with Crippen LogP contribution in [0.2, 0.25) is 0 Å². The van der Waals surface area contributed by atoms with Gasteiger partial charge < -0.3 is 10.1 Å². The topological polar surface area (TPSA) is 67.0 Å². The van der Waals surface area contributed by atoms with Crippen molar-refractivity contribution < 1.29 is 13.9 Å². The number of benzene rings is 2. The highest BCUT2D eigenvalue weighted by Gasteiger charge is 2.27. The smallest absolute Gasteiger partial charge is 0.273 e. The number of para-hydroxylation sites is 1. The van der Waals surface area contributed by atoms with E-state index in [0.29, 0.717) is 17.0 Å². The number of halogens is 1. The number of nitrogens with one attached hydrogen (secondary N) is 2. The molecular formula is C16H12FN3O2. The lowest BCUT2D eigenvalue weighted by atomic mass is 10.1. The van der Waals surface area contributed by atoms with Crippen molar-refractivity contribution in [2.24, 2.45) is 0 Å². The predicted molar refractivity (Wildman–Crippen MR) is 78.2 cm³/mol. The zero-order valence-electron chi connectivity index (χ0n) is 11.5. The fraction of sp³-hybridized carbons (Fsp3) is 0.125. The van der Waals surface area contributed by atoms with Crippen LogP contribution in [-0.2, 0) is 0 Å². The molecule has 0 saturated carbocycles. The first-order valence-corrected chi connectivity index (χ1v) is 6.88. The quantitative estimate of drug-likeness (QED) is 0.764. The summed E-state index contributed by atoms with van der Waals surface area (Å²) in [5, 5.41) is 10.5. The summed E-state index contributed by atoms with van der Waals surface area (Å²) in [7, 11) is 0. The van der Waals surface area contributed by atoms with Crippen LogP contribution in [0.4, 0.5) is 4.39 Å². The van der Waals surface area contributed by atoms with Gasteiger partial charge in [-0.3, -0.25) is 9.89 Å². The second-order valence-corrected chi connectivity index (χ2v) is 5.14. The highest BCUT2D eigenvalue weighted by molar-refractivity contribution is 6.04. The van der Waals surface area contributed by atoms with Gasteiger partial charge in [-0.25, -0.2) is 4.39 Å². The molecular weight excluding hydrogens is 285 g/mol. The molecule has 0 spiro atoms. The third-order valence-electron chi connectivity index (χ3n) is 3.74. The van der Waals surface area contributed by atoms with Crippen molar-refractivity contribution >= 4 is 16.8 Å². The van der Waals surface area contributed by atoms with Crippen LogP contribution in [0.15, 0.2) is 42.5 Å². The SMILES string of the molecule is O=C(NC1COc2ccc(F)cc21)c1n[nH]c2ccccc12. The first-order valence-electron chi connectivity index (χ1n) is 6.88. The van der Waals surface area contributed by atoms with Crippen LogP contribution in [0.5, 0.6) is 5.75 Å². The molecule has 2 aromatic carbocycles. The lowest BCUT2D eigenvalue weighted by Gasteiger charge is -2.10. The highest BCUT2D eigenvalue weighted by Crippen LogP contribution is 2.33. The van der Waals surface area contributed by atoms with E-state index >= 15 is 0 Å². The average molecular weight is 297 g/mol. The van der Waals surface area contributed by atoms with Crippen LogP contribution >= 0.6 is 0 Å². The molecule has 0 saturated heterocycles. The molecule has 0 aliphatic carbocycles. The minimum Gasteiger partial charge on any atom is -0.491 e. The van der Waals surface area contributed by atoms with Crippen molar-refractivity contribution in [3.8, 4) is 5.75 Å². The fourth-order valence-corrected chi connectivity index (χ4v) is 2.67. The Morgan fingerprint density at radius 2 is 2.18 bits per heavy atom. The lowest BCUT2D eigenvalue weighted by molar-refractivity contribution is 0.0927. The Morgan fingerprint density at radius 3 is 3.09 bits per heavy atom. The zero-order valence-corrected chi connectivity index (χ0v) is 11.5. The zero-order chi connectivity index (χ0) is 15.1. The second-order valence-electron chi connectivity index (χ2n) is 5.14. The van der Waals surface area contributed by atoms with Crippen LogP contribution in [0.1, 0.15) is 22.1 Å². The molecule has 1 aliphatic rings. The lowest BCUT2D eigenvalue weighted by Crippen LogP contribution is -2.29. The minimum atomic E-state index is -0.381. The fourth-order valence-electron chi connectivity index (χ4n) is 2.67. The van der Waals surface area contributed by atoms with Crippen molar-refractivity contribution in [3.05, 3.63) is 59.5 Å². The molecule has 0 fully saturated rings. The van der Waals surface area contributed by atoms with E-state index in [1.807, 2.05) is 24.3 Å². The summed E-state index contributed by atoms with van der Waals surface area (Å²) in [4.78, 5) is 12.4. The summed E-state index contributed by atoms with van der Waals surface area (Å²) in [5.41, 5.74) is 1.76. The molecule has 1 aromatic heterocycles. The summed E-state index contributed by atoms with van der Waals surface area (Å²) in [6, 6.07) is 11.3. The summed E-state index contributed by atoms with van der Waals surface area (Å²) in [6.45, 7) is 0.285. The van der Waals surface area contributed by atoms with Crippen LogP contribution in [0, 0.1) is 5.82 Å². The second kappa shape index (κ2) is 4.84. The van der Waals surface area contributed by atoms with Gasteiger partial charge in [0.1, 0.15) is 18.2 Å². The van der Waals surface area contributed by atoms with Crippen molar-refractivity contribution in [3.63, 3.8) is 0 Å². The molecule has 1 atom stereocenters. The van der Waals surface area contributed by atoms with Gasteiger partial charge in [-0.2, -0.15) is 5.10 Å². The van der Waals surface area contributed by atoms with Gasteiger partial charge >= 0.3 is 0 Å². The number of ether oxygens (including phenoxy) is 1. The Kier molecular flexibility index (Phi) is 2.82. The largest absolute Gasteiger partial charge is 0.491 e. The number of carbonyl (C=O) groups excluding carboxylic acids is 1. The molecule has 6 heteroatoms. The van der Waals surface area contributed by atoms with Gasteiger partial charge in [-0.05, 0) is 24.3 Å². The molecule has 1 unspecified atom stereocenters. The number of rotatable bonds is 2. The molecule has 5 nitrogen and oxygen atoms in total. The summed E-state index contributed by atoms with van der Waals surface area (Å²) >= 11 is 0. The molecule has 4 rings (SSSR count). The van der Waals surface area contributed by atoms with Crippen LogP contribution < -0.4 is 10.1 Å². The molecule has 1 aliphatic heterocycles. The minimum absolute atomic E-state index is 0.285. The van der Waals surface area contributed by atoms with Crippen molar-refractivity contribution in [1.29, 1.82) is 0 Å². The first kappa shape index (κ1) is 12.8. The number of aromatic amines is 1. The summed E-state index contributed by atoms with van der Waals surface area (Å²) in [5.74, 6) is -0.0736. The molecule has 22 heavy (non-hydrogen) atoms. The highest BCUT2D eigenvalue weighted by atomic mass is 19.1. The molecule has 0 bridgehead atoms. The van der Waals surface area contributed by atoms with Gasteiger partial charge in [0, 0.05) is 10.9 Å². The molecule has 2 N–H and O–H groups in total. The maximum Gasteiger partial charge on any atom is 0.273 e. The Balaban J connectivity index is 1.63. The molecule has 1 amide bonds. The van der Waals surface area contributed by atoms with E-state index in [2.05, 4.69) is 15.5 Å². The predicted octanol–water partition coefficient (Wildman–Crippen LogP) is 2.57. The third-order valence-corrected chi connectivity index (χ3v) is 3.74. The van der Waals surface area contributed by atoms with E-state index < -0.39 is 0 Å². The van der Waals surface area contributed by atoms with Crippen LogP contribution in [-0.4, -0.2) is 22.7 Å². The Labute approximate surface area is 125 Å².